The van der Waals surface area contributed by atoms with Crippen molar-refractivity contribution in [1.82, 2.24) is 0 Å². The summed E-state index contributed by atoms with van der Waals surface area (Å²) in [4.78, 5) is 0. The fourth-order valence-corrected chi connectivity index (χ4v) is 2.48. The maximum absolute atomic E-state index is 11.4. The lowest BCUT2D eigenvalue weighted by Crippen LogP contribution is -2.13. The zero-order chi connectivity index (χ0) is 9.90. The van der Waals surface area contributed by atoms with Crippen LogP contribution in [0.15, 0.2) is 30.3 Å². The lowest BCUT2D eigenvalue weighted by molar-refractivity contribution is 0.552. The van der Waals surface area contributed by atoms with Crippen LogP contribution in [-0.4, -0.2) is 0 Å². The average molecular weight is 216 g/mol. The first-order valence-corrected chi connectivity index (χ1v) is 6.46. The minimum absolute atomic E-state index is 0.391. The molecule has 0 heterocycles. The van der Waals surface area contributed by atoms with Crippen molar-refractivity contribution in [3.8, 4) is 0 Å². The molecule has 0 saturated heterocycles. The van der Waals surface area contributed by atoms with E-state index in [-0.39, 0.29) is 0 Å². The second-order valence-electron chi connectivity index (χ2n) is 3.24. The molecule has 0 aliphatic heterocycles. The molecule has 1 nitrogen and oxygen atoms in total. The second kappa shape index (κ2) is 4.21. The molecule has 0 radical (unpaired) electrons. The van der Waals surface area contributed by atoms with E-state index in [1.807, 2.05) is 44.2 Å². The van der Waals surface area contributed by atoms with Gasteiger partial charge in [0, 0.05) is 5.56 Å². The Morgan fingerprint density at radius 2 is 1.92 bits per heavy atom. The minimum Gasteiger partial charge on any atom is -0.0622 e. The van der Waals surface area contributed by atoms with Crippen LogP contribution in [0.25, 0.3) is 0 Å². The van der Waals surface area contributed by atoms with Gasteiger partial charge in [0.1, 0.15) is 0 Å². The summed E-state index contributed by atoms with van der Waals surface area (Å²) in [5.74, 6) is 0. The molecular weight excluding hydrogens is 203 g/mol. The van der Waals surface area contributed by atoms with Crippen LogP contribution in [0.3, 0.4) is 0 Å². The van der Waals surface area contributed by atoms with Crippen LogP contribution in [0.1, 0.15) is 25.8 Å². The molecule has 0 saturated carbocycles. The van der Waals surface area contributed by atoms with Gasteiger partial charge in [-0.05, 0) is 13.3 Å². The van der Waals surface area contributed by atoms with Gasteiger partial charge in [-0.15, -0.1) is 0 Å². The molecular formula is C10H13ClOP+. The number of hydrogen-bond donors (Lipinski definition) is 0. The van der Waals surface area contributed by atoms with E-state index in [0.717, 1.165) is 12.0 Å². The summed E-state index contributed by atoms with van der Waals surface area (Å²) < 4.78 is 11.4. The Bertz CT molecular complexity index is 299. The molecule has 13 heavy (non-hydrogen) atoms. The van der Waals surface area contributed by atoms with E-state index in [0.29, 0.717) is 0 Å². The van der Waals surface area contributed by atoms with Gasteiger partial charge in [-0.1, -0.05) is 41.8 Å². The predicted molar refractivity (Wildman–Crippen MR) is 57.5 cm³/mol. The largest absolute Gasteiger partial charge is 0.465 e. The van der Waals surface area contributed by atoms with Crippen molar-refractivity contribution >= 4 is 18.4 Å². The van der Waals surface area contributed by atoms with Gasteiger partial charge >= 0.3 is 7.15 Å². The molecule has 0 aliphatic carbocycles. The van der Waals surface area contributed by atoms with Crippen molar-refractivity contribution in [2.75, 3.05) is 0 Å². The summed E-state index contributed by atoms with van der Waals surface area (Å²) in [6.07, 6.45) is 0.787. The molecule has 3 heteroatoms. The molecule has 0 amide bonds. The Morgan fingerprint density at radius 1 is 1.38 bits per heavy atom. The standard InChI is InChI=1S/C10H13ClOP/c1-3-10(2,13(11)12)9-7-5-4-6-8-9/h4-8H,3H2,1-2H3/q+1. The van der Waals surface area contributed by atoms with Crippen molar-refractivity contribution in [2.45, 2.75) is 25.4 Å². The van der Waals surface area contributed by atoms with E-state index in [1.165, 1.54) is 0 Å². The Kier molecular flexibility index (Phi) is 3.47. The Hall–Kier alpha value is -0.390. The zero-order valence-electron chi connectivity index (χ0n) is 7.83. The van der Waals surface area contributed by atoms with E-state index in [2.05, 4.69) is 0 Å². The average Bonchev–Trinajstić information content (AvgIpc) is 2.17. The van der Waals surface area contributed by atoms with Crippen LogP contribution in [0, 0.1) is 0 Å². The third kappa shape index (κ3) is 2.10. The van der Waals surface area contributed by atoms with E-state index < -0.39 is 12.3 Å². The fourth-order valence-electron chi connectivity index (χ4n) is 1.23. The molecule has 0 fully saturated rings. The van der Waals surface area contributed by atoms with Crippen molar-refractivity contribution < 1.29 is 4.57 Å². The van der Waals surface area contributed by atoms with Crippen molar-refractivity contribution in [2.24, 2.45) is 0 Å². The van der Waals surface area contributed by atoms with E-state index in [1.54, 1.807) is 0 Å². The molecule has 0 aliphatic rings. The smallest absolute Gasteiger partial charge is 0.0622 e. The topological polar surface area (TPSA) is 17.1 Å². The monoisotopic (exact) mass is 215 g/mol. The van der Waals surface area contributed by atoms with Crippen molar-refractivity contribution in [3.05, 3.63) is 35.9 Å². The lowest BCUT2D eigenvalue weighted by Gasteiger charge is -2.14. The fraction of sp³-hybridized carbons (Fsp3) is 0.400. The maximum atomic E-state index is 11.4. The van der Waals surface area contributed by atoms with Crippen molar-refractivity contribution in [3.63, 3.8) is 0 Å². The molecule has 2 atom stereocenters. The third-order valence-corrected chi connectivity index (χ3v) is 4.94. The first kappa shape index (κ1) is 10.7. The number of benzene rings is 1. The van der Waals surface area contributed by atoms with Gasteiger partial charge in [0.2, 0.25) is 16.4 Å². The molecule has 1 aromatic carbocycles. The first-order valence-electron chi connectivity index (χ1n) is 4.30. The van der Waals surface area contributed by atoms with Gasteiger partial charge < -0.3 is 0 Å². The Labute approximate surface area is 84.7 Å². The van der Waals surface area contributed by atoms with Crippen LogP contribution >= 0.6 is 18.4 Å². The summed E-state index contributed by atoms with van der Waals surface area (Å²) in [6, 6.07) is 9.77. The van der Waals surface area contributed by atoms with Crippen molar-refractivity contribution in [1.29, 1.82) is 0 Å². The highest BCUT2D eigenvalue weighted by atomic mass is 35.7. The highest BCUT2D eigenvalue weighted by Crippen LogP contribution is 2.52. The van der Waals surface area contributed by atoms with E-state index in [4.69, 9.17) is 11.2 Å². The van der Waals surface area contributed by atoms with Crippen LogP contribution in [0.5, 0.6) is 0 Å². The summed E-state index contributed by atoms with van der Waals surface area (Å²) in [7, 11) is -1.70. The SMILES string of the molecule is CCC(C)(c1ccccc1)[P+](=O)Cl. The third-order valence-electron chi connectivity index (χ3n) is 2.47. The summed E-state index contributed by atoms with van der Waals surface area (Å²) in [5, 5.41) is -0.391. The molecule has 2 unspecified atom stereocenters. The van der Waals surface area contributed by atoms with E-state index >= 15 is 0 Å². The van der Waals surface area contributed by atoms with Crippen LogP contribution in [0.2, 0.25) is 0 Å². The predicted octanol–water partition coefficient (Wildman–Crippen LogP) is 4.29. The van der Waals surface area contributed by atoms with Crippen LogP contribution in [-0.2, 0) is 9.72 Å². The van der Waals surface area contributed by atoms with Gasteiger partial charge in [-0.25, -0.2) is 0 Å². The molecule has 1 aromatic rings. The summed E-state index contributed by atoms with van der Waals surface area (Å²) >= 11 is 5.73. The minimum atomic E-state index is -1.70. The van der Waals surface area contributed by atoms with Gasteiger partial charge in [0.25, 0.3) is 0 Å². The molecule has 0 aromatic heterocycles. The van der Waals surface area contributed by atoms with Gasteiger partial charge in [0.05, 0.1) is 0 Å². The Balaban J connectivity index is 3.11. The van der Waals surface area contributed by atoms with Crippen LogP contribution in [0.4, 0.5) is 0 Å². The quantitative estimate of drug-likeness (QED) is 0.688. The summed E-state index contributed by atoms with van der Waals surface area (Å²) in [5.41, 5.74) is 1.05. The number of halogens is 1. The second-order valence-corrected chi connectivity index (χ2v) is 5.64. The van der Waals surface area contributed by atoms with Gasteiger partial charge in [-0.3, -0.25) is 0 Å². The zero-order valence-corrected chi connectivity index (χ0v) is 9.48. The molecule has 0 bridgehead atoms. The maximum Gasteiger partial charge on any atom is 0.465 e. The Morgan fingerprint density at radius 3 is 2.31 bits per heavy atom. The summed E-state index contributed by atoms with van der Waals surface area (Å²) in [6.45, 7) is 3.94. The van der Waals surface area contributed by atoms with E-state index in [9.17, 15) is 4.57 Å². The number of hydrogen-bond acceptors (Lipinski definition) is 1. The highest BCUT2D eigenvalue weighted by molar-refractivity contribution is 7.74. The normalized spacial score (nSPS) is 16.4. The van der Waals surface area contributed by atoms with Gasteiger partial charge in [-0.2, -0.15) is 0 Å². The van der Waals surface area contributed by atoms with Crippen LogP contribution < -0.4 is 0 Å². The highest BCUT2D eigenvalue weighted by Gasteiger charge is 2.43. The first-order chi connectivity index (χ1) is 6.11. The molecule has 0 N–H and O–H groups in total. The molecule has 1 rings (SSSR count). The number of rotatable bonds is 3. The molecule has 70 valence electrons. The lowest BCUT2D eigenvalue weighted by atomic mass is 9.98. The van der Waals surface area contributed by atoms with Gasteiger partial charge in [0.15, 0.2) is 0 Å². The molecule has 0 spiro atoms.